The largest absolute Gasteiger partial charge is 0.330 e. The van der Waals surface area contributed by atoms with Gasteiger partial charge in [-0.3, -0.25) is 0 Å². The Kier molecular flexibility index (Phi) is 2.58. The first-order valence-corrected chi connectivity index (χ1v) is 4.77. The lowest BCUT2D eigenvalue weighted by atomic mass is 9.67. The van der Waals surface area contributed by atoms with Crippen LogP contribution in [0.3, 0.4) is 0 Å². The van der Waals surface area contributed by atoms with Crippen molar-refractivity contribution in [1.29, 1.82) is 0 Å². The Morgan fingerprint density at radius 3 is 2.45 bits per heavy atom. The average Bonchev–Trinajstić information content (AvgIpc) is 1.98. The molecule has 0 aromatic carbocycles. The van der Waals surface area contributed by atoms with Gasteiger partial charge in [0, 0.05) is 0 Å². The van der Waals surface area contributed by atoms with E-state index in [9.17, 15) is 0 Å². The summed E-state index contributed by atoms with van der Waals surface area (Å²) in [6.45, 7) is 7.91. The molecule has 0 aromatic heterocycles. The molecule has 0 saturated heterocycles. The molecule has 66 valence electrons. The van der Waals surface area contributed by atoms with E-state index in [-0.39, 0.29) is 0 Å². The molecule has 1 fully saturated rings. The second kappa shape index (κ2) is 3.14. The summed E-state index contributed by atoms with van der Waals surface area (Å²) in [5.41, 5.74) is 6.20. The number of hydrogen-bond acceptors (Lipinski definition) is 1. The van der Waals surface area contributed by atoms with Crippen molar-refractivity contribution in [3.05, 3.63) is 0 Å². The van der Waals surface area contributed by atoms with Crippen LogP contribution in [0.4, 0.5) is 0 Å². The van der Waals surface area contributed by atoms with E-state index in [4.69, 9.17) is 5.73 Å². The molecule has 1 nitrogen and oxygen atoms in total. The summed E-state index contributed by atoms with van der Waals surface area (Å²) < 4.78 is 0. The lowest BCUT2D eigenvalue weighted by Gasteiger charge is -2.39. The van der Waals surface area contributed by atoms with Gasteiger partial charge in [0.2, 0.25) is 0 Å². The summed E-state index contributed by atoms with van der Waals surface area (Å²) in [4.78, 5) is 0. The van der Waals surface area contributed by atoms with Crippen molar-refractivity contribution in [2.24, 2.45) is 23.0 Å². The van der Waals surface area contributed by atoms with Crippen molar-refractivity contribution < 1.29 is 0 Å². The zero-order valence-electron chi connectivity index (χ0n) is 8.06. The molecule has 0 unspecified atom stereocenters. The summed E-state index contributed by atoms with van der Waals surface area (Å²) in [6.07, 6.45) is 4.02. The van der Waals surface area contributed by atoms with Gasteiger partial charge in [0.1, 0.15) is 0 Å². The third-order valence-corrected chi connectivity index (χ3v) is 3.48. The van der Waals surface area contributed by atoms with Crippen LogP contribution >= 0.6 is 0 Å². The Labute approximate surface area is 70.4 Å². The highest BCUT2D eigenvalue weighted by Crippen LogP contribution is 2.40. The van der Waals surface area contributed by atoms with E-state index in [2.05, 4.69) is 20.8 Å². The van der Waals surface area contributed by atoms with E-state index in [1.807, 2.05) is 0 Å². The standard InChI is InChI=1S/C10H21N/c1-8-4-5-10(3,7-11)6-9(8)2/h8-9H,4-7,11H2,1-3H3/t8-,9-,10-/m1/s1. The highest BCUT2D eigenvalue weighted by molar-refractivity contribution is 4.84. The zero-order valence-corrected chi connectivity index (χ0v) is 8.06. The van der Waals surface area contributed by atoms with Crippen LogP contribution in [-0.2, 0) is 0 Å². The number of rotatable bonds is 1. The fourth-order valence-electron chi connectivity index (χ4n) is 2.13. The Bertz CT molecular complexity index is 133. The fourth-order valence-corrected chi connectivity index (χ4v) is 2.13. The Hall–Kier alpha value is -0.0400. The Morgan fingerprint density at radius 2 is 2.00 bits per heavy atom. The second-order valence-electron chi connectivity index (χ2n) is 4.71. The maximum absolute atomic E-state index is 5.75. The molecule has 1 heteroatoms. The first-order chi connectivity index (χ1) is 5.07. The van der Waals surface area contributed by atoms with Crippen LogP contribution in [-0.4, -0.2) is 6.54 Å². The minimum absolute atomic E-state index is 0.450. The quantitative estimate of drug-likeness (QED) is 0.618. The van der Waals surface area contributed by atoms with E-state index < -0.39 is 0 Å². The van der Waals surface area contributed by atoms with E-state index >= 15 is 0 Å². The molecule has 0 heterocycles. The van der Waals surface area contributed by atoms with Crippen LogP contribution in [0.25, 0.3) is 0 Å². The fraction of sp³-hybridized carbons (Fsp3) is 1.00. The molecular formula is C10H21N. The molecule has 1 rings (SSSR count). The molecule has 0 aliphatic heterocycles. The second-order valence-corrected chi connectivity index (χ2v) is 4.71. The van der Waals surface area contributed by atoms with Gasteiger partial charge < -0.3 is 5.73 Å². The van der Waals surface area contributed by atoms with Crippen molar-refractivity contribution in [3.8, 4) is 0 Å². The molecule has 3 atom stereocenters. The van der Waals surface area contributed by atoms with Gasteiger partial charge in [-0.05, 0) is 43.1 Å². The summed E-state index contributed by atoms with van der Waals surface area (Å²) >= 11 is 0. The smallest absolute Gasteiger partial charge is 0.00231 e. The predicted molar refractivity (Wildman–Crippen MR) is 49.3 cm³/mol. The number of nitrogens with two attached hydrogens (primary N) is 1. The maximum atomic E-state index is 5.75. The van der Waals surface area contributed by atoms with Gasteiger partial charge in [-0.15, -0.1) is 0 Å². The molecule has 0 spiro atoms. The molecule has 0 amide bonds. The van der Waals surface area contributed by atoms with Crippen molar-refractivity contribution in [2.45, 2.75) is 40.0 Å². The average molecular weight is 155 g/mol. The molecule has 0 aromatic rings. The molecule has 0 bridgehead atoms. The van der Waals surface area contributed by atoms with Crippen LogP contribution in [0, 0.1) is 17.3 Å². The van der Waals surface area contributed by atoms with Gasteiger partial charge in [-0.2, -0.15) is 0 Å². The van der Waals surface area contributed by atoms with Gasteiger partial charge in [0.05, 0.1) is 0 Å². The first kappa shape index (κ1) is 9.05. The van der Waals surface area contributed by atoms with Crippen molar-refractivity contribution in [3.63, 3.8) is 0 Å². The molecule has 0 radical (unpaired) electrons. The van der Waals surface area contributed by atoms with Crippen molar-refractivity contribution in [1.82, 2.24) is 0 Å². The van der Waals surface area contributed by atoms with Crippen LogP contribution in [0.5, 0.6) is 0 Å². The van der Waals surface area contributed by atoms with Crippen LogP contribution in [0.15, 0.2) is 0 Å². The molecule has 1 saturated carbocycles. The topological polar surface area (TPSA) is 26.0 Å². The van der Waals surface area contributed by atoms with E-state index in [0.29, 0.717) is 5.41 Å². The predicted octanol–water partition coefficient (Wildman–Crippen LogP) is 2.41. The minimum atomic E-state index is 0.450. The Balaban J connectivity index is 2.51. The van der Waals surface area contributed by atoms with Crippen LogP contribution in [0.2, 0.25) is 0 Å². The monoisotopic (exact) mass is 155 g/mol. The van der Waals surface area contributed by atoms with E-state index in [1.165, 1.54) is 19.3 Å². The summed E-state index contributed by atoms with van der Waals surface area (Å²) in [5, 5.41) is 0. The van der Waals surface area contributed by atoms with Gasteiger partial charge in [-0.25, -0.2) is 0 Å². The van der Waals surface area contributed by atoms with E-state index in [1.54, 1.807) is 0 Å². The van der Waals surface area contributed by atoms with Crippen LogP contribution in [0.1, 0.15) is 40.0 Å². The zero-order chi connectivity index (χ0) is 8.48. The van der Waals surface area contributed by atoms with Gasteiger partial charge in [0.25, 0.3) is 0 Å². The lowest BCUT2D eigenvalue weighted by Crippen LogP contribution is -2.35. The SMILES string of the molecule is C[C@@H]1CC[C@@](C)(CN)C[C@H]1C. The minimum Gasteiger partial charge on any atom is -0.330 e. The molecule has 1 aliphatic carbocycles. The third-order valence-electron chi connectivity index (χ3n) is 3.48. The van der Waals surface area contributed by atoms with Crippen LogP contribution < -0.4 is 5.73 Å². The highest BCUT2D eigenvalue weighted by Gasteiger charge is 2.32. The lowest BCUT2D eigenvalue weighted by molar-refractivity contribution is 0.129. The molecule has 1 aliphatic rings. The van der Waals surface area contributed by atoms with Gasteiger partial charge in [0.15, 0.2) is 0 Å². The van der Waals surface area contributed by atoms with Gasteiger partial charge >= 0.3 is 0 Å². The normalized spacial score (nSPS) is 45.8. The van der Waals surface area contributed by atoms with Crippen molar-refractivity contribution in [2.75, 3.05) is 6.54 Å². The van der Waals surface area contributed by atoms with Crippen molar-refractivity contribution >= 4 is 0 Å². The maximum Gasteiger partial charge on any atom is -0.00231 e. The first-order valence-electron chi connectivity index (χ1n) is 4.77. The summed E-state index contributed by atoms with van der Waals surface area (Å²) in [7, 11) is 0. The summed E-state index contributed by atoms with van der Waals surface area (Å²) in [5.74, 6) is 1.78. The molecular weight excluding hydrogens is 134 g/mol. The third kappa shape index (κ3) is 1.96. The highest BCUT2D eigenvalue weighted by atomic mass is 14.6. The molecule has 2 N–H and O–H groups in total. The number of hydrogen-bond donors (Lipinski definition) is 1. The molecule has 11 heavy (non-hydrogen) atoms. The van der Waals surface area contributed by atoms with E-state index in [0.717, 1.165) is 18.4 Å². The van der Waals surface area contributed by atoms with Gasteiger partial charge in [-0.1, -0.05) is 20.8 Å². The summed E-state index contributed by atoms with van der Waals surface area (Å²) in [6, 6.07) is 0. The Morgan fingerprint density at radius 1 is 1.36 bits per heavy atom.